The monoisotopic (exact) mass is 286 g/mol. The summed E-state index contributed by atoms with van der Waals surface area (Å²) in [6.07, 6.45) is 0.410. The summed E-state index contributed by atoms with van der Waals surface area (Å²) in [5, 5.41) is 10.5. The Morgan fingerprint density at radius 1 is 1.10 bits per heavy atom. The van der Waals surface area contributed by atoms with Gasteiger partial charge in [-0.05, 0) is 29.8 Å². The van der Waals surface area contributed by atoms with Crippen LogP contribution in [0.15, 0.2) is 57.7 Å². The van der Waals surface area contributed by atoms with Crippen molar-refractivity contribution in [3.8, 4) is 5.75 Å². The van der Waals surface area contributed by atoms with Gasteiger partial charge in [0.15, 0.2) is 0 Å². The molecule has 0 radical (unpaired) electrons. The lowest BCUT2D eigenvalue weighted by molar-refractivity contribution is 0.475. The normalized spacial score (nSPS) is 10.8. The van der Waals surface area contributed by atoms with Crippen LogP contribution in [0.4, 0.5) is 0 Å². The van der Waals surface area contributed by atoms with Crippen LogP contribution < -0.4 is 5.63 Å². The molecule has 0 atom stereocenters. The van der Waals surface area contributed by atoms with Crippen LogP contribution in [0, 0.1) is 0 Å². The molecule has 0 aliphatic rings. The number of halogens is 1. The SMILES string of the molecule is O=c1oc2ccccc2cc1Cc1ccc(O)c(Cl)c1. The second-order valence-electron chi connectivity index (χ2n) is 4.56. The third kappa shape index (κ3) is 2.40. The van der Waals surface area contributed by atoms with Crippen molar-refractivity contribution < 1.29 is 9.52 Å². The van der Waals surface area contributed by atoms with E-state index in [1.165, 1.54) is 6.07 Å². The summed E-state index contributed by atoms with van der Waals surface area (Å²) < 4.78 is 5.28. The van der Waals surface area contributed by atoms with Crippen LogP contribution >= 0.6 is 11.6 Å². The summed E-state index contributed by atoms with van der Waals surface area (Å²) in [7, 11) is 0. The van der Waals surface area contributed by atoms with Crippen LogP contribution in [0.2, 0.25) is 5.02 Å². The Morgan fingerprint density at radius 3 is 2.70 bits per heavy atom. The van der Waals surface area contributed by atoms with Gasteiger partial charge in [0.05, 0.1) is 5.02 Å². The molecule has 100 valence electrons. The van der Waals surface area contributed by atoms with Crippen molar-refractivity contribution in [2.75, 3.05) is 0 Å². The fourth-order valence-corrected chi connectivity index (χ4v) is 2.31. The first-order valence-corrected chi connectivity index (χ1v) is 6.50. The molecule has 1 aromatic heterocycles. The molecule has 20 heavy (non-hydrogen) atoms. The van der Waals surface area contributed by atoms with E-state index in [2.05, 4.69) is 0 Å². The van der Waals surface area contributed by atoms with Crippen LogP contribution in [0.3, 0.4) is 0 Å². The number of benzene rings is 2. The molecule has 1 N–H and O–H groups in total. The van der Waals surface area contributed by atoms with E-state index in [9.17, 15) is 9.90 Å². The van der Waals surface area contributed by atoms with Crippen LogP contribution in [-0.2, 0) is 6.42 Å². The molecule has 2 aromatic carbocycles. The molecule has 3 aromatic rings. The van der Waals surface area contributed by atoms with Crippen molar-refractivity contribution >= 4 is 22.6 Å². The molecule has 0 fully saturated rings. The minimum atomic E-state index is -0.354. The topological polar surface area (TPSA) is 50.4 Å². The standard InChI is InChI=1S/C16H11ClO3/c17-13-8-10(5-6-14(13)18)7-12-9-11-3-1-2-4-15(11)20-16(12)19/h1-6,8-9,18H,7H2. The molecule has 0 amide bonds. The van der Waals surface area contributed by atoms with Crippen molar-refractivity contribution in [2.24, 2.45) is 0 Å². The van der Waals surface area contributed by atoms with E-state index >= 15 is 0 Å². The van der Waals surface area contributed by atoms with Gasteiger partial charge >= 0.3 is 5.63 Å². The Hall–Kier alpha value is -2.26. The lowest BCUT2D eigenvalue weighted by atomic mass is 10.1. The molecule has 3 rings (SSSR count). The van der Waals surface area contributed by atoms with Gasteiger partial charge in [-0.2, -0.15) is 0 Å². The van der Waals surface area contributed by atoms with Crippen molar-refractivity contribution in [1.82, 2.24) is 0 Å². The molecule has 0 bridgehead atoms. The van der Waals surface area contributed by atoms with E-state index in [1.54, 1.807) is 18.2 Å². The molecule has 0 unspecified atom stereocenters. The van der Waals surface area contributed by atoms with Crippen LogP contribution in [0.1, 0.15) is 11.1 Å². The molecule has 0 saturated carbocycles. The first kappa shape index (κ1) is 12.8. The van der Waals surface area contributed by atoms with Crippen molar-refractivity contribution in [1.29, 1.82) is 0 Å². The highest BCUT2D eigenvalue weighted by Crippen LogP contribution is 2.25. The first-order chi connectivity index (χ1) is 9.63. The predicted molar refractivity (Wildman–Crippen MR) is 78.4 cm³/mol. The summed E-state index contributed by atoms with van der Waals surface area (Å²) in [6.45, 7) is 0. The molecule has 3 nitrogen and oxygen atoms in total. The number of rotatable bonds is 2. The number of para-hydroxylation sites is 1. The van der Waals surface area contributed by atoms with Crippen LogP contribution in [0.5, 0.6) is 5.75 Å². The quantitative estimate of drug-likeness (QED) is 0.730. The number of phenols is 1. The van der Waals surface area contributed by atoms with Gasteiger partial charge in [-0.25, -0.2) is 4.79 Å². The fourth-order valence-electron chi connectivity index (χ4n) is 2.11. The zero-order chi connectivity index (χ0) is 14.1. The largest absolute Gasteiger partial charge is 0.506 e. The van der Waals surface area contributed by atoms with Crippen LogP contribution in [0.25, 0.3) is 11.0 Å². The summed E-state index contributed by atoms with van der Waals surface area (Å²) in [5.74, 6) is 0.0287. The maximum Gasteiger partial charge on any atom is 0.339 e. The van der Waals surface area contributed by atoms with Gasteiger partial charge in [-0.1, -0.05) is 35.9 Å². The highest BCUT2D eigenvalue weighted by molar-refractivity contribution is 6.32. The molecule has 0 aliphatic heterocycles. The number of fused-ring (bicyclic) bond motifs is 1. The van der Waals surface area contributed by atoms with E-state index in [4.69, 9.17) is 16.0 Å². The maximum absolute atomic E-state index is 11.9. The average Bonchev–Trinajstić information content (AvgIpc) is 2.44. The van der Waals surface area contributed by atoms with E-state index in [1.807, 2.05) is 24.3 Å². The van der Waals surface area contributed by atoms with Gasteiger partial charge in [0.1, 0.15) is 11.3 Å². The van der Waals surface area contributed by atoms with E-state index in [0.717, 1.165) is 10.9 Å². The second kappa shape index (κ2) is 5.02. The molecule has 0 saturated heterocycles. The molecular formula is C16H11ClO3. The minimum Gasteiger partial charge on any atom is -0.506 e. The lowest BCUT2D eigenvalue weighted by Gasteiger charge is -2.04. The Bertz CT molecular complexity index is 836. The van der Waals surface area contributed by atoms with Gasteiger partial charge in [0, 0.05) is 17.4 Å². The lowest BCUT2D eigenvalue weighted by Crippen LogP contribution is -2.07. The van der Waals surface area contributed by atoms with Crippen molar-refractivity contribution in [3.05, 3.63) is 75.1 Å². The Balaban J connectivity index is 2.03. The minimum absolute atomic E-state index is 0.0287. The summed E-state index contributed by atoms with van der Waals surface area (Å²) in [6, 6.07) is 14.1. The van der Waals surface area contributed by atoms with Gasteiger partial charge < -0.3 is 9.52 Å². The summed E-state index contributed by atoms with van der Waals surface area (Å²) >= 11 is 5.86. The van der Waals surface area contributed by atoms with E-state index < -0.39 is 0 Å². The van der Waals surface area contributed by atoms with E-state index in [0.29, 0.717) is 17.6 Å². The van der Waals surface area contributed by atoms with Crippen molar-refractivity contribution in [3.63, 3.8) is 0 Å². The molecule has 0 spiro atoms. The molecule has 4 heteroatoms. The smallest absolute Gasteiger partial charge is 0.339 e. The number of phenolic OH excluding ortho intramolecular Hbond substituents is 1. The van der Waals surface area contributed by atoms with Gasteiger partial charge in [-0.3, -0.25) is 0 Å². The Morgan fingerprint density at radius 2 is 1.90 bits per heavy atom. The molecule has 0 aliphatic carbocycles. The third-order valence-electron chi connectivity index (χ3n) is 3.12. The summed E-state index contributed by atoms with van der Waals surface area (Å²) in [4.78, 5) is 11.9. The first-order valence-electron chi connectivity index (χ1n) is 6.12. The Kier molecular flexibility index (Phi) is 3.20. The zero-order valence-electron chi connectivity index (χ0n) is 10.5. The van der Waals surface area contributed by atoms with Gasteiger partial charge in [0.25, 0.3) is 0 Å². The average molecular weight is 287 g/mol. The zero-order valence-corrected chi connectivity index (χ0v) is 11.2. The molecule has 1 heterocycles. The highest BCUT2D eigenvalue weighted by Gasteiger charge is 2.07. The van der Waals surface area contributed by atoms with Crippen molar-refractivity contribution in [2.45, 2.75) is 6.42 Å². The predicted octanol–water partition coefficient (Wildman–Crippen LogP) is 3.74. The van der Waals surface area contributed by atoms with E-state index in [-0.39, 0.29) is 16.4 Å². The van der Waals surface area contributed by atoms with Crippen LogP contribution in [-0.4, -0.2) is 5.11 Å². The number of hydrogen-bond acceptors (Lipinski definition) is 3. The maximum atomic E-state index is 11.9. The second-order valence-corrected chi connectivity index (χ2v) is 4.97. The fraction of sp³-hybridized carbons (Fsp3) is 0.0625. The van der Waals surface area contributed by atoms with Gasteiger partial charge in [-0.15, -0.1) is 0 Å². The Labute approximate surface area is 120 Å². The summed E-state index contributed by atoms with van der Waals surface area (Å²) in [5.41, 5.74) is 1.62. The van der Waals surface area contributed by atoms with Gasteiger partial charge in [0.2, 0.25) is 0 Å². The highest BCUT2D eigenvalue weighted by atomic mass is 35.5. The number of hydrogen-bond donors (Lipinski definition) is 1. The third-order valence-corrected chi connectivity index (χ3v) is 3.42. The number of aromatic hydroxyl groups is 1. The molecular weight excluding hydrogens is 276 g/mol.